The number of para-hydroxylation sites is 1. The summed E-state index contributed by atoms with van der Waals surface area (Å²) in [6.45, 7) is 0.750. The third kappa shape index (κ3) is 3.96. The number of ether oxygens (including phenoxy) is 1. The van der Waals surface area contributed by atoms with Gasteiger partial charge in [-0.3, -0.25) is 4.98 Å². The molecule has 4 rings (SSSR count). The molecule has 1 aromatic heterocycles. The molecule has 0 unspecified atom stereocenters. The van der Waals surface area contributed by atoms with Crippen molar-refractivity contribution in [2.45, 2.75) is 30.6 Å². The molecular weight excluding hydrogens is 360 g/mol. The van der Waals surface area contributed by atoms with E-state index < -0.39 is 10.0 Å². The Morgan fingerprint density at radius 2 is 1.89 bits per heavy atom. The Labute approximate surface area is 159 Å². The molecular formula is C21H22N2O3S. The number of pyridine rings is 1. The Balaban J connectivity index is 1.32. The molecule has 1 aliphatic carbocycles. The molecule has 0 aliphatic heterocycles. The first-order valence-corrected chi connectivity index (χ1v) is 10.7. The van der Waals surface area contributed by atoms with E-state index in [9.17, 15) is 8.42 Å². The topological polar surface area (TPSA) is 68.3 Å². The van der Waals surface area contributed by atoms with E-state index in [-0.39, 0.29) is 0 Å². The van der Waals surface area contributed by atoms with Crippen molar-refractivity contribution in [1.82, 2.24) is 9.71 Å². The summed E-state index contributed by atoms with van der Waals surface area (Å²) >= 11 is 0. The van der Waals surface area contributed by atoms with Gasteiger partial charge in [0.25, 0.3) is 0 Å². The molecule has 2 aromatic carbocycles. The van der Waals surface area contributed by atoms with Crippen molar-refractivity contribution in [1.29, 1.82) is 0 Å². The lowest BCUT2D eigenvalue weighted by atomic mass is 10.1. The number of hydrogen-bond donors (Lipinski definition) is 1. The van der Waals surface area contributed by atoms with Crippen molar-refractivity contribution in [3.63, 3.8) is 0 Å². The summed E-state index contributed by atoms with van der Waals surface area (Å²) in [5.74, 6) is 0.717. The molecule has 0 saturated heterocycles. The molecule has 3 aromatic rings. The molecule has 0 atom stereocenters. The first-order valence-electron chi connectivity index (χ1n) is 9.21. The number of hydrogen-bond acceptors (Lipinski definition) is 4. The average Bonchev–Trinajstić information content (AvgIpc) is 3.15. The van der Waals surface area contributed by atoms with E-state index in [2.05, 4.69) is 9.71 Å². The fraction of sp³-hybridized carbons (Fsp3) is 0.286. The van der Waals surface area contributed by atoms with E-state index in [0.29, 0.717) is 24.5 Å². The predicted octanol–water partition coefficient (Wildman–Crippen LogP) is 3.47. The van der Waals surface area contributed by atoms with Gasteiger partial charge in [-0.15, -0.1) is 0 Å². The summed E-state index contributed by atoms with van der Waals surface area (Å²) in [5.41, 5.74) is 3.24. The van der Waals surface area contributed by atoms with Gasteiger partial charge in [0.15, 0.2) is 0 Å². The SMILES string of the molecule is O=S(=O)(NCCCOc1cccc2cccnc12)c1ccc2c(c1)CCC2. The zero-order valence-electron chi connectivity index (χ0n) is 15.0. The lowest BCUT2D eigenvalue weighted by molar-refractivity contribution is 0.314. The fourth-order valence-electron chi connectivity index (χ4n) is 3.45. The Bertz CT molecular complexity index is 1060. The molecule has 1 N–H and O–H groups in total. The molecule has 0 fully saturated rings. The average molecular weight is 382 g/mol. The van der Waals surface area contributed by atoms with Gasteiger partial charge in [-0.05, 0) is 61.1 Å². The van der Waals surface area contributed by atoms with E-state index in [1.165, 1.54) is 5.56 Å². The maximum Gasteiger partial charge on any atom is 0.240 e. The lowest BCUT2D eigenvalue weighted by Crippen LogP contribution is -2.26. The van der Waals surface area contributed by atoms with Gasteiger partial charge in [-0.1, -0.05) is 24.3 Å². The van der Waals surface area contributed by atoms with Gasteiger partial charge in [0.05, 0.1) is 11.5 Å². The van der Waals surface area contributed by atoms with Crippen LogP contribution in [0.15, 0.2) is 59.6 Å². The number of aryl methyl sites for hydroxylation is 2. The summed E-state index contributed by atoms with van der Waals surface area (Å²) in [7, 11) is -3.48. The maximum atomic E-state index is 12.5. The number of benzene rings is 2. The summed E-state index contributed by atoms with van der Waals surface area (Å²) in [5, 5.41) is 1.02. The van der Waals surface area contributed by atoms with E-state index in [1.54, 1.807) is 12.3 Å². The van der Waals surface area contributed by atoms with Crippen molar-refractivity contribution in [2.24, 2.45) is 0 Å². The maximum absolute atomic E-state index is 12.5. The highest BCUT2D eigenvalue weighted by Gasteiger charge is 2.18. The van der Waals surface area contributed by atoms with E-state index in [4.69, 9.17) is 4.74 Å². The van der Waals surface area contributed by atoms with E-state index >= 15 is 0 Å². The highest BCUT2D eigenvalue weighted by molar-refractivity contribution is 7.89. The zero-order chi connectivity index (χ0) is 18.7. The van der Waals surface area contributed by atoms with Gasteiger partial charge in [-0.2, -0.15) is 0 Å². The smallest absolute Gasteiger partial charge is 0.240 e. The van der Waals surface area contributed by atoms with Crippen molar-refractivity contribution in [2.75, 3.05) is 13.2 Å². The minimum Gasteiger partial charge on any atom is -0.491 e. The van der Waals surface area contributed by atoms with Gasteiger partial charge in [0.2, 0.25) is 10.0 Å². The molecule has 0 spiro atoms. The summed E-state index contributed by atoms with van der Waals surface area (Å²) in [6.07, 6.45) is 5.43. The van der Waals surface area contributed by atoms with Crippen LogP contribution in [0.3, 0.4) is 0 Å². The number of nitrogens with zero attached hydrogens (tertiary/aromatic N) is 1. The first-order chi connectivity index (χ1) is 13.1. The molecule has 1 aliphatic rings. The van der Waals surface area contributed by atoms with Crippen LogP contribution in [-0.4, -0.2) is 26.6 Å². The molecule has 1 heterocycles. The Morgan fingerprint density at radius 1 is 1.04 bits per heavy atom. The molecule has 140 valence electrons. The van der Waals surface area contributed by atoms with Crippen LogP contribution in [0.2, 0.25) is 0 Å². The summed E-state index contributed by atoms with van der Waals surface area (Å²) in [4.78, 5) is 4.70. The lowest BCUT2D eigenvalue weighted by Gasteiger charge is -2.10. The molecule has 0 radical (unpaired) electrons. The Morgan fingerprint density at radius 3 is 2.81 bits per heavy atom. The van der Waals surface area contributed by atoms with Gasteiger partial charge in [0, 0.05) is 18.1 Å². The van der Waals surface area contributed by atoms with Crippen LogP contribution >= 0.6 is 0 Å². The highest BCUT2D eigenvalue weighted by atomic mass is 32.2. The third-order valence-electron chi connectivity index (χ3n) is 4.85. The first kappa shape index (κ1) is 17.9. The second kappa shape index (κ2) is 7.66. The number of sulfonamides is 1. The zero-order valence-corrected chi connectivity index (χ0v) is 15.8. The molecule has 27 heavy (non-hydrogen) atoms. The van der Waals surface area contributed by atoms with Crippen LogP contribution in [0.1, 0.15) is 24.0 Å². The Kier molecular flexibility index (Phi) is 5.09. The van der Waals surface area contributed by atoms with Crippen LogP contribution in [0.4, 0.5) is 0 Å². The van der Waals surface area contributed by atoms with Crippen LogP contribution in [-0.2, 0) is 22.9 Å². The molecule has 6 heteroatoms. The van der Waals surface area contributed by atoms with E-state index in [0.717, 1.165) is 41.5 Å². The van der Waals surface area contributed by atoms with Crippen molar-refractivity contribution in [3.8, 4) is 5.75 Å². The second-order valence-corrected chi connectivity index (χ2v) is 8.48. The molecule has 5 nitrogen and oxygen atoms in total. The normalized spacial score (nSPS) is 13.6. The van der Waals surface area contributed by atoms with E-state index in [1.807, 2.05) is 42.5 Å². The van der Waals surface area contributed by atoms with Crippen LogP contribution < -0.4 is 9.46 Å². The van der Waals surface area contributed by atoms with Crippen molar-refractivity contribution in [3.05, 3.63) is 65.9 Å². The Hall–Kier alpha value is -2.44. The van der Waals surface area contributed by atoms with Crippen LogP contribution in [0.5, 0.6) is 5.75 Å². The number of nitrogens with one attached hydrogen (secondary N) is 1. The van der Waals surface area contributed by atoms with Crippen molar-refractivity contribution >= 4 is 20.9 Å². The predicted molar refractivity (Wildman–Crippen MR) is 106 cm³/mol. The van der Waals surface area contributed by atoms with Crippen LogP contribution in [0.25, 0.3) is 10.9 Å². The van der Waals surface area contributed by atoms with Crippen molar-refractivity contribution < 1.29 is 13.2 Å². The third-order valence-corrected chi connectivity index (χ3v) is 6.31. The summed E-state index contributed by atoms with van der Waals surface area (Å²) in [6, 6.07) is 15.1. The molecule has 0 saturated carbocycles. The molecule has 0 bridgehead atoms. The summed E-state index contributed by atoms with van der Waals surface area (Å²) < 4.78 is 33.4. The van der Waals surface area contributed by atoms with Gasteiger partial charge in [0.1, 0.15) is 11.3 Å². The number of aromatic nitrogens is 1. The van der Waals surface area contributed by atoms with Gasteiger partial charge < -0.3 is 4.74 Å². The standard InChI is InChI=1S/C21H22N2O3S/c24-27(25,19-11-10-16-5-1-7-18(16)15-19)23-13-4-14-26-20-9-2-6-17-8-3-12-22-21(17)20/h2-3,6,8-12,15,23H,1,4-5,7,13-14H2. The number of fused-ring (bicyclic) bond motifs is 2. The minimum atomic E-state index is -3.48. The van der Waals surface area contributed by atoms with Crippen LogP contribution in [0, 0.1) is 0 Å². The fourth-order valence-corrected chi connectivity index (χ4v) is 4.58. The van der Waals surface area contributed by atoms with Gasteiger partial charge >= 0.3 is 0 Å². The largest absolute Gasteiger partial charge is 0.491 e. The monoisotopic (exact) mass is 382 g/mol. The molecule has 0 amide bonds. The minimum absolute atomic E-state index is 0.331. The quantitative estimate of drug-likeness (QED) is 0.636. The highest BCUT2D eigenvalue weighted by Crippen LogP contribution is 2.25. The van der Waals surface area contributed by atoms with Gasteiger partial charge in [-0.25, -0.2) is 13.1 Å². The second-order valence-electron chi connectivity index (χ2n) is 6.72. The number of rotatable bonds is 7.